The van der Waals surface area contributed by atoms with E-state index in [9.17, 15) is 4.79 Å². The zero-order chi connectivity index (χ0) is 11.7. The smallest absolute Gasteiger partial charge is 0.225 e. The highest BCUT2D eigenvalue weighted by molar-refractivity contribution is 6.78. The number of rotatable bonds is 3. The van der Waals surface area contributed by atoms with E-state index in [-0.39, 0.29) is 5.91 Å². The summed E-state index contributed by atoms with van der Waals surface area (Å²) in [5, 5.41) is 0. The molecule has 5 heteroatoms. The Kier molecular flexibility index (Phi) is 4.12. The van der Waals surface area contributed by atoms with E-state index in [4.69, 9.17) is 0 Å². The molecule has 0 heterocycles. The fourth-order valence-electron chi connectivity index (χ4n) is 1.43. The Morgan fingerprint density at radius 1 is 0.929 bits per heavy atom. The van der Waals surface area contributed by atoms with Crippen molar-refractivity contribution >= 4 is 22.4 Å². The monoisotopic (exact) mass is 232 g/mol. The summed E-state index contributed by atoms with van der Waals surface area (Å²) in [5.74, 6) is 0.175. The summed E-state index contributed by atoms with van der Waals surface area (Å²) in [6.45, 7) is 15.0. The molecule has 0 fully saturated rings. The van der Waals surface area contributed by atoms with Crippen LogP contribution in [0.2, 0.25) is 39.3 Å². The molecule has 0 spiro atoms. The maximum atomic E-state index is 11.6. The first-order valence-corrected chi connectivity index (χ1v) is 11.9. The van der Waals surface area contributed by atoms with Gasteiger partial charge in [-0.1, -0.05) is 39.3 Å². The Hall–Kier alpha value is -0.136. The van der Waals surface area contributed by atoms with Crippen LogP contribution in [0.1, 0.15) is 6.92 Å². The van der Waals surface area contributed by atoms with Crippen molar-refractivity contribution in [1.29, 1.82) is 0 Å². The molecule has 1 amide bonds. The average molecular weight is 232 g/mol. The topological polar surface area (TPSA) is 23.6 Å². The maximum absolute atomic E-state index is 11.6. The van der Waals surface area contributed by atoms with Gasteiger partial charge in [0, 0.05) is 6.92 Å². The van der Waals surface area contributed by atoms with Crippen LogP contribution < -0.4 is 0 Å². The van der Waals surface area contributed by atoms with E-state index < -0.39 is 16.5 Å². The third-order valence-corrected chi connectivity index (χ3v) is 6.43. The Morgan fingerprint density at radius 2 is 1.29 bits per heavy atom. The van der Waals surface area contributed by atoms with E-state index in [2.05, 4.69) is 44.0 Å². The molecule has 0 bridgehead atoms. The largest absolute Gasteiger partial charge is 0.312 e. The molecular weight excluding hydrogens is 208 g/mol. The third-order valence-electron chi connectivity index (χ3n) is 2.20. The number of carbonyl (C=O) groups excluding carboxylic acids is 1. The van der Waals surface area contributed by atoms with E-state index in [1.165, 1.54) is 0 Å². The van der Waals surface area contributed by atoms with Crippen molar-refractivity contribution in [3.05, 3.63) is 0 Å². The van der Waals surface area contributed by atoms with Crippen molar-refractivity contribution in [2.45, 2.75) is 46.2 Å². The zero-order valence-electron chi connectivity index (χ0n) is 10.8. The van der Waals surface area contributed by atoms with Crippen molar-refractivity contribution in [1.82, 2.24) is 9.35 Å². The summed E-state index contributed by atoms with van der Waals surface area (Å²) in [5.41, 5.74) is 0. The first-order valence-electron chi connectivity index (χ1n) is 5.02. The van der Waals surface area contributed by atoms with Gasteiger partial charge >= 0.3 is 0 Å². The third kappa shape index (κ3) is 3.55. The van der Waals surface area contributed by atoms with Gasteiger partial charge in [0.05, 0.1) is 0 Å². The Morgan fingerprint density at radius 3 is 1.36 bits per heavy atom. The van der Waals surface area contributed by atoms with Gasteiger partial charge in [-0.05, 0) is 7.05 Å². The first kappa shape index (κ1) is 13.9. The van der Waals surface area contributed by atoms with Crippen LogP contribution in [-0.4, -0.2) is 38.8 Å². The Bertz CT molecular complexity index is 218. The van der Waals surface area contributed by atoms with E-state index in [1.807, 2.05) is 11.7 Å². The van der Waals surface area contributed by atoms with E-state index >= 15 is 0 Å². The second-order valence-corrected chi connectivity index (χ2v) is 15.5. The van der Waals surface area contributed by atoms with Crippen LogP contribution in [0.3, 0.4) is 0 Å². The predicted octanol–water partition coefficient (Wildman–Crippen LogP) is 2.35. The molecule has 0 aliphatic carbocycles. The number of nitrogens with zero attached hydrogens (tertiary/aromatic N) is 2. The molecule has 0 aromatic heterocycles. The molecule has 0 aliphatic rings. The number of hydrazine groups is 1. The Labute approximate surface area is 90.2 Å². The van der Waals surface area contributed by atoms with Crippen molar-refractivity contribution < 1.29 is 4.79 Å². The number of amides is 1. The van der Waals surface area contributed by atoms with Crippen LogP contribution in [0.4, 0.5) is 0 Å². The summed E-state index contributed by atoms with van der Waals surface area (Å²) in [4.78, 5) is 11.6. The lowest BCUT2D eigenvalue weighted by molar-refractivity contribution is -0.131. The summed E-state index contributed by atoms with van der Waals surface area (Å²) >= 11 is 0. The molecule has 0 N–H and O–H groups in total. The highest BCUT2D eigenvalue weighted by Gasteiger charge is 2.35. The second kappa shape index (κ2) is 4.16. The van der Waals surface area contributed by atoms with Crippen LogP contribution in [0, 0.1) is 0 Å². The molecule has 0 saturated carbocycles. The molecule has 84 valence electrons. The number of carbonyl (C=O) groups is 1. The Balaban J connectivity index is 4.96. The minimum atomic E-state index is -1.58. The molecule has 0 aliphatic heterocycles. The minimum absolute atomic E-state index is 0.175. The molecule has 3 nitrogen and oxygen atoms in total. The van der Waals surface area contributed by atoms with Gasteiger partial charge in [0.25, 0.3) is 0 Å². The highest BCUT2D eigenvalue weighted by Crippen LogP contribution is 2.18. The summed E-state index contributed by atoms with van der Waals surface area (Å²) in [7, 11) is -0.954. The van der Waals surface area contributed by atoms with Gasteiger partial charge < -0.3 is 4.67 Å². The molecule has 14 heavy (non-hydrogen) atoms. The standard InChI is InChI=1S/C9H24N2OSi2/c1-9(12)11(14(6,7)8)10(2)13(3,4)5/h1-8H3. The minimum Gasteiger partial charge on any atom is -0.312 e. The van der Waals surface area contributed by atoms with Crippen LogP contribution in [-0.2, 0) is 4.79 Å². The van der Waals surface area contributed by atoms with E-state index in [1.54, 1.807) is 6.92 Å². The van der Waals surface area contributed by atoms with Crippen molar-refractivity contribution in [2.75, 3.05) is 7.05 Å². The van der Waals surface area contributed by atoms with Crippen LogP contribution >= 0.6 is 0 Å². The van der Waals surface area contributed by atoms with Crippen LogP contribution in [0.25, 0.3) is 0 Å². The fraction of sp³-hybridized carbons (Fsp3) is 0.889. The van der Waals surface area contributed by atoms with E-state index in [0.717, 1.165) is 0 Å². The lowest BCUT2D eigenvalue weighted by Gasteiger charge is -2.46. The van der Waals surface area contributed by atoms with Gasteiger partial charge in [0.1, 0.15) is 8.24 Å². The molecule has 0 saturated heterocycles. The summed E-state index contributed by atoms with van der Waals surface area (Å²) in [6.07, 6.45) is 0. The quantitative estimate of drug-likeness (QED) is 0.551. The molecule has 0 rings (SSSR count). The van der Waals surface area contributed by atoms with Crippen LogP contribution in [0.15, 0.2) is 0 Å². The zero-order valence-corrected chi connectivity index (χ0v) is 12.8. The van der Waals surface area contributed by atoms with Gasteiger partial charge in [-0.15, -0.1) is 0 Å². The maximum Gasteiger partial charge on any atom is 0.225 e. The molecule has 0 radical (unpaired) electrons. The fourth-order valence-corrected chi connectivity index (χ4v) is 5.82. The lowest BCUT2D eigenvalue weighted by Crippen LogP contribution is -2.63. The number of hydrogen-bond acceptors (Lipinski definition) is 2. The molecule has 0 aromatic carbocycles. The highest BCUT2D eigenvalue weighted by atomic mass is 28.3. The SMILES string of the molecule is CC(=O)N(N(C)[Si](C)(C)C)[Si](C)(C)C. The number of hydrogen-bond donors (Lipinski definition) is 0. The van der Waals surface area contributed by atoms with Crippen molar-refractivity contribution in [3.63, 3.8) is 0 Å². The summed E-state index contributed by atoms with van der Waals surface area (Å²) < 4.78 is 4.20. The second-order valence-electron chi connectivity index (χ2n) is 5.70. The van der Waals surface area contributed by atoms with Gasteiger partial charge in [-0.25, -0.2) is 0 Å². The molecule has 0 aromatic rings. The molecular formula is C9H24N2OSi2. The van der Waals surface area contributed by atoms with E-state index in [0.29, 0.717) is 0 Å². The van der Waals surface area contributed by atoms with Gasteiger partial charge in [0.2, 0.25) is 5.91 Å². The first-order chi connectivity index (χ1) is 5.98. The molecule has 0 unspecified atom stereocenters. The van der Waals surface area contributed by atoms with Gasteiger partial charge in [0.15, 0.2) is 8.24 Å². The van der Waals surface area contributed by atoms with Gasteiger partial charge in [-0.2, -0.15) is 0 Å². The average Bonchev–Trinajstić information content (AvgIpc) is 1.79. The molecule has 0 atom stereocenters. The van der Waals surface area contributed by atoms with Crippen molar-refractivity contribution in [2.24, 2.45) is 0 Å². The van der Waals surface area contributed by atoms with Crippen LogP contribution in [0.5, 0.6) is 0 Å². The summed E-state index contributed by atoms with van der Waals surface area (Å²) in [6, 6.07) is 0. The predicted molar refractivity (Wildman–Crippen MR) is 67.0 cm³/mol. The lowest BCUT2D eigenvalue weighted by atomic mass is 10.8. The normalized spacial score (nSPS) is 13.2. The van der Waals surface area contributed by atoms with Gasteiger partial charge in [-0.3, -0.25) is 9.47 Å². The van der Waals surface area contributed by atoms with Crippen molar-refractivity contribution in [3.8, 4) is 0 Å².